The van der Waals surface area contributed by atoms with Crippen molar-refractivity contribution in [3.05, 3.63) is 63.2 Å². The molecule has 92 valence electrons. The molecule has 0 unspecified atom stereocenters. The van der Waals surface area contributed by atoms with Gasteiger partial charge >= 0.3 is 0 Å². The number of anilines is 1. The van der Waals surface area contributed by atoms with Crippen LogP contribution in [0.5, 0.6) is 0 Å². The smallest absolute Gasteiger partial charge is 0.133 e. The molecule has 2 aromatic rings. The van der Waals surface area contributed by atoms with Crippen LogP contribution in [0.15, 0.2) is 52.1 Å². The van der Waals surface area contributed by atoms with Gasteiger partial charge in [-0.3, -0.25) is 0 Å². The number of aromatic nitrogens is 1. The molecule has 1 N–H and O–H groups in total. The number of benzene rings is 1. The highest BCUT2D eigenvalue weighted by atomic mass is 79.9. The topological polar surface area (TPSA) is 24.9 Å². The molecule has 2 rings (SSSR count). The molecule has 0 aliphatic heterocycles. The van der Waals surface area contributed by atoms with Crippen LogP contribution in [0.4, 0.5) is 5.82 Å². The molecule has 0 bridgehead atoms. The van der Waals surface area contributed by atoms with Crippen molar-refractivity contribution in [2.45, 2.75) is 6.54 Å². The Labute approximate surface area is 123 Å². The van der Waals surface area contributed by atoms with Gasteiger partial charge in [0.15, 0.2) is 0 Å². The van der Waals surface area contributed by atoms with E-state index in [4.69, 9.17) is 0 Å². The van der Waals surface area contributed by atoms with Crippen LogP contribution in [0.3, 0.4) is 0 Å². The molecule has 0 saturated heterocycles. The van der Waals surface area contributed by atoms with Crippen LogP contribution in [0.2, 0.25) is 0 Å². The second kappa shape index (κ2) is 6.71. The predicted molar refractivity (Wildman–Crippen MR) is 83.8 cm³/mol. The van der Waals surface area contributed by atoms with Gasteiger partial charge in [0.05, 0.1) is 3.39 Å². The maximum Gasteiger partial charge on any atom is 0.133 e. The standard InChI is InChI=1S/C14H12Br2N2/c15-13(16)9-12-7-4-8-17-14(12)18-10-11-5-2-1-3-6-11/h1-9H,10H2,(H,17,18). The maximum absolute atomic E-state index is 4.35. The molecule has 0 fully saturated rings. The van der Waals surface area contributed by atoms with Crippen LogP contribution in [0.1, 0.15) is 11.1 Å². The highest BCUT2D eigenvalue weighted by molar-refractivity contribution is 9.28. The Balaban J connectivity index is 2.12. The molecule has 0 spiro atoms. The van der Waals surface area contributed by atoms with E-state index >= 15 is 0 Å². The van der Waals surface area contributed by atoms with Gasteiger partial charge in [-0.05, 0) is 55.6 Å². The molecule has 18 heavy (non-hydrogen) atoms. The zero-order chi connectivity index (χ0) is 12.8. The van der Waals surface area contributed by atoms with E-state index in [1.165, 1.54) is 5.56 Å². The van der Waals surface area contributed by atoms with Crippen LogP contribution in [0.25, 0.3) is 6.08 Å². The summed E-state index contributed by atoms with van der Waals surface area (Å²) >= 11 is 6.73. The molecule has 1 aromatic carbocycles. The summed E-state index contributed by atoms with van der Waals surface area (Å²) in [6.07, 6.45) is 3.76. The van der Waals surface area contributed by atoms with Crippen LogP contribution in [-0.2, 0) is 6.54 Å². The van der Waals surface area contributed by atoms with E-state index in [9.17, 15) is 0 Å². The maximum atomic E-state index is 4.35. The second-order valence-electron chi connectivity index (χ2n) is 3.71. The highest BCUT2D eigenvalue weighted by Gasteiger charge is 2.01. The number of hydrogen-bond acceptors (Lipinski definition) is 2. The minimum absolute atomic E-state index is 0.762. The van der Waals surface area contributed by atoms with Crippen LogP contribution in [-0.4, -0.2) is 4.98 Å². The molecule has 2 nitrogen and oxygen atoms in total. The van der Waals surface area contributed by atoms with Crippen molar-refractivity contribution >= 4 is 43.8 Å². The summed E-state index contributed by atoms with van der Waals surface area (Å²) in [6, 6.07) is 14.2. The Morgan fingerprint density at radius 2 is 1.89 bits per heavy atom. The Morgan fingerprint density at radius 1 is 1.11 bits per heavy atom. The molecule has 0 amide bonds. The SMILES string of the molecule is BrC(Br)=Cc1cccnc1NCc1ccccc1. The van der Waals surface area contributed by atoms with E-state index in [-0.39, 0.29) is 0 Å². The van der Waals surface area contributed by atoms with Gasteiger partial charge in [-0.25, -0.2) is 4.98 Å². The molecule has 0 saturated carbocycles. The number of rotatable bonds is 4. The summed E-state index contributed by atoms with van der Waals surface area (Å²) in [6.45, 7) is 0.762. The summed E-state index contributed by atoms with van der Waals surface area (Å²) in [5.41, 5.74) is 2.27. The van der Waals surface area contributed by atoms with Crippen molar-refractivity contribution in [1.29, 1.82) is 0 Å². The Bertz CT molecular complexity index is 535. The fourth-order valence-corrected chi connectivity index (χ4v) is 2.07. The highest BCUT2D eigenvalue weighted by Crippen LogP contribution is 2.22. The Morgan fingerprint density at radius 3 is 2.61 bits per heavy atom. The molecule has 0 radical (unpaired) electrons. The Kier molecular flexibility index (Phi) is 4.96. The van der Waals surface area contributed by atoms with Crippen molar-refractivity contribution in [2.75, 3.05) is 5.32 Å². The molecule has 4 heteroatoms. The lowest BCUT2D eigenvalue weighted by atomic mass is 10.2. The lowest BCUT2D eigenvalue weighted by Crippen LogP contribution is -2.02. The monoisotopic (exact) mass is 366 g/mol. The summed E-state index contributed by atoms with van der Waals surface area (Å²) < 4.78 is 0.894. The van der Waals surface area contributed by atoms with E-state index in [0.29, 0.717) is 0 Å². The van der Waals surface area contributed by atoms with E-state index in [1.807, 2.05) is 36.4 Å². The number of nitrogens with zero attached hydrogens (tertiary/aromatic N) is 1. The molecular formula is C14H12Br2N2. The average Bonchev–Trinajstić information content (AvgIpc) is 2.38. The average molecular weight is 368 g/mol. The number of hydrogen-bond donors (Lipinski definition) is 1. The quantitative estimate of drug-likeness (QED) is 0.840. The summed E-state index contributed by atoms with van der Waals surface area (Å²) in [5.74, 6) is 0.873. The first-order chi connectivity index (χ1) is 8.75. The predicted octanol–water partition coefficient (Wildman–Crippen LogP) is 4.78. The third-order valence-corrected chi connectivity index (χ3v) is 2.86. The molecule has 0 atom stereocenters. The van der Waals surface area contributed by atoms with E-state index in [0.717, 1.165) is 21.3 Å². The largest absolute Gasteiger partial charge is 0.366 e. The van der Waals surface area contributed by atoms with Gasteiger partial charge in [0, 0.05) is 18.3 Å². The summed E-state index contributed by atoms with van der Waals surface area (Å²) in [5, 5.41) is 3.34. The normalized spacial score (nSPS) is 9.89. The van der Waals surface area contributed by atoms with Crippen LogP contribution in [0, 0.1) is 0 Å². The van der Waals surface area contributed by atoms with Crippen molar-refractivity contribution in [3.8, 4) is 0 Å². The van der Waals surface area contributed by atoms with Gasteiger partial charge < -0.3 is 5.32 Å². The van der Waals surface area contributed by atoms with Gasteiger partial charge in [-0.2, -0.15) is 0 Å². The number of nitrogens with one attached hydrogen (secondary N) is 1. The molecular weight excluding hydrogens is 356 g/mol. The third kappa shape index (κ3) is 3.96. The summed E-state index contributed by atoms with van der Waals surface area (Å²) in [4.78, 5) is 4.35. The fraction of sp³-hybridized carbons (Fsp3) is 0.0714. The van der Waals surface area contributed by atoms with Gasteiger partial charge in [0.25, 0.3) is 0 Å². The van der Waals surface area contributed by atoms with Gasteiger partial charge in [-0.15, -0.1) is 0 Å². The molecule has 0 aliphatic carbocycles. The second-order valence-corrected chi connectivity index (χ2v) is 6.49. The zero-order valence-corrected chi connectivity index (χ0v) is 12.8. The van der Waals surface area contributed by atoms with Crippen molar-refractivity contribution < 1.29 is 0 Å². The van der Waals surface area contributed by atoms with Crippen LogP contribution >= 0.6 is 31.9 Å². The van der Waals surface area contributed by atoms with Crippen molar-refractivity contribution in [2.24, 2.45) is 0 Å². The van der Waals surface area contributed by atoms with Gasteiger partial charge in [0.1, 0.15) is 5.82 Å². The molecule has 1 heterocycles. The number of halogens is 2. The van der Waals surface area contributed by atoms with E-state index in [1.54, 1.807) is 6.20 Å². The van der Waals surface area contributed by atoms with Crippen molar-refractivity contribution in [3.63, 3.8) is 0 Å². The minimum Gasteiger partial charge on any atom is -0.366 e. The van der Waals surface area contributed by atoms with Crippen molar-refractivity contribution in [1.82, 2.24) is 4.98 Å². The molecule has 0 aliphatic rings. The van der Waals surface area contributed by atoms with Crippen LogP contribution < -0.4 is 5.32 Å². The lowest BCUT2D eigenvalue weighted by Gasteiger charge is -2.08. The van der Waals surface area contributed by atoms with Gasteiger partial charge in [-0.1, -0.05) is 30.3 Å². The van der Waals surface area contributed by atoms with Gasteiger partial charge in [0.2, 0.25) is 0 Å². The lowest BCUT2D eigenvalue weighted by molar-refractivity contribution is 1.11. The summed E-state index contributed by atoms with van der Waals surface area (Å²) in [7, 11) is 0. The fourth-order valence-electron chi connectivity index (χ4n) is 1.58. The first-order valence-electron chi connectivity index (χ1n) is 5.51. The first-order valence-corrected chi connectivity index (χ1v) is 7.10. The zero-order valence-electron chi connectivity index (χ0n) is 9.61. The first kappa shape index (κ1) is 13.3. The van der Waals surface area contributed by atoms with E-state index in [2.05, 4.69) is 54.3 Å². The minimum atomic E-state index is 0.762. The van der Waals surface area contributed by atoms with E-state index < -0.39 is 0 Å². The third-order valence-electron chi connectivity index (χ3n) is 2.41. The number of pyridine rings is 1. The molecule has 1 aromatic heterocycles. The Hall–Kier alpha value is -1.13.